The molecule has 0 saturated carbocycles. The Balaban J connectivity index is 1.49. The van der Waals surface area contributed by atoms with E-state index in [0.717, 1.165) is 17.7 Å². The van der Waals surface area contributed by atoms with E-state index in [9.17, 15) is 14.7 Å². The van der Waals surface area contributed by atoms with Gasteiger partial charge in [0, 0.05) is 12.0 Å². The van der Waals surface area contributed by atoms with Crippen molar-refractivity contribution in [2.75, 3.05) is 7.11 Å². The zero-order valence-corrected chi connectivity index (χ0v) is 17.6. The van der Waals surface area contributed by atoms with E-state index in [-0.39, 0.29) is 16.5 Å². The van der Waals surface area contributed by atoms with Crippen molar-refractivity contribution in [1.82, 2.24) is 5.43 Å². The first-order chi connectivity index (χ1) is 15.0. The highest BCUT2D eigenvalue weighted by molar-refractivity contribution is 6.33. The molecule has 0 aliphatic heterocycles. The van der Waals surface area contributed by atoms with Crippen molar-refractivity contribution < 1.29 is 23.8 Å². The molecule has 0 aliphatic rings. The lowest BCUT2D eigenvalue weighted by atomic mass is 10.1. The average molecular weight is 441 g/mol. The minimum absolute atomic E-state index is 0.00677. The van der Waals surface area contributed by atoms with Gasteiger partial charge in [0.25, 0.3) is 0 Å². The molecule has 8 heteroatoms. The number of furan rings is 1. The normalized spacial score (nSPS) is 10.9. The van der Waals surface area contributed by atoms with Crippen LogP contribution in [0.3, 0.4) is 0 Å². The van der Waals surface area contributed by atoms with E-state index in [1.807, 2.05) is 24.3 Å². The number of halogens is 1. The molecular formula is C23H21ClN2O5. The summed E-state index contributed by atoms with van der Waals surface area (Å²) in [5, 5.41) is 13.2. The van der Waals surface area contributed by atoms with Crippen LogP contribution < -0.4 is 10.2 Å². The lowest BCUT2D eigenvalue weighted by molar-refractivity contribution is -0.121. The summed E-state index contributed by atoms with van der Waals surface area (Å²) in [4.78, 5) is 23.2. The molecule has 1 amide bonds. The lowest BCUT2D eigenvalue weighted by Gasteiger charge is -2.03. The number of hydrogen-bond donors (Lipinski definition) is 2. The number of hydrazone groups is 1. The summed E-state index contributed by atoms with van der Waals surface area (Å²) < 4.78 is 10.8. The van der Waals surface area contributed by atoms with Crippen LogP contribution in [-0.4, -0.2) is 30.3 Å². The van der Waals surface area contributed by atoms with Gasteiger partial charge in [-0.3, -0.25) is 4.79 Å². The van der Waals surface area contributed by atoms with Crippen molar-refractivity contribution in [1.29, 1.82) is 0 Å². The second kappa shape index (κ2) is 10.4. The Bertz CT molecular complexity index is 1090. The van der Waals surface area contributed by atoms with E-state index in [2.05, 4.69) is 10.5 Å². The third-order valence-corrected chi connectivity index (χ3v) is 4.85. The Labute approximate surface area is 184 Å². The van der Waals surface area contributed by atoms with Gasteiger partial charge in [-0.05, 0) is 60.9 Å². The van der Waals surface area contributed by atoms with Crippen molar-refractivity contribution >= 4 is 29.7 Å². The molecule has 0 radical (unpaired) electrons. The van der Waals surface area contributed by atoms with Gasteiger partial charge >= 0.3 is 5.97 Å². The van der Waals surface area contributed by atoms with Gasteiger partial charge in [0.2, 0.25) is 5.91 Å². The van der Waals surface area contributed by atoms with Gasteiger partial charge in [-0.2, -0.15) is 5.10 Å². The molecule has 1 heterocycles. The molecule has 160 valence electrons. The van der Waals surface area contributed by atoms with Crippen LogP contribution in [0, 0.1) is 0 Å². The Morgan fingerprint density at radius 3 is 2.65 bits per heavy atom. The number of methoxy groups -OCH3 is 1. The minimum Gasteiger partial charge on any atom is -0.497 e. The molecule has 2 aromatic carbocycles. The van der Waals surface area contributed by atoms with Gasteiger partial charge < -0.3 is 14.3 Å². The number of nitrogens with one attached hydrogen (secondary N) is 1. The molecule has 0 aliphatic carbocycles. The number of benzene rings is 2. The van der Waals surface area contributed by atoms with Crippen LogP contribution in [-0.2, 0) is 11.2 Å². The number of carboxylic acids is 1. The maximum atomic E-state index is 11.9. The largest absolute Gasteiger partial charge is 0.497 e. The van der Waals surface area contributed by atoms with Crippen LogP contribution >= 0.6 is 11.6 Å². The molecule has 0 fully saturated rings. The Morgan fingerprint density at radius 2 is 1.94 bits per heavy atom. The van der Waals surface area contributed by atoms with Gasteiger partial charge in [-0.1, -0.05) is 23.7 Å². The van der Waals surface area contributed by atoms with E-state index in [1.165, 1.54) is 18.3 Å². The number of carbonyl (C=O) groups excluding carboxylic acids is 1. The van der Waals surface area contributed by atoms with Crippen molar-refractivity contribution in [3.63, 3.8) is 0 Å². The molecule has 0 atom stereocenters. The third-order valence-electron chi connectivity index (χ3n) is 4.52. The third kappa shape index (κ3) is 6.20. The molecule has 0 spiro atoms. The number of amides is 1. The summed E-state index contributed by atoms with van der Waals surface area (Å²) in [6.45, 7) is 0. The van der Waals surface area contributed by atoms with E-state index < -0.39 is 5.97 Å². The standard InChI is InChI=1S/C23H21ClN2O5/c1-30-17-8-5-15(6-9-17)3-2-4-22(27)26-25-14-18-10-12-21(31-18)16-7-11-20(24)19(13-16)23(28)29/h5-14H,2-4H2,1H3,(H,26,27)(H,28,29)/b25-14-. The Kier molecular flexibility index (Phi) is 7.45. The van der Waals surface area contributed by atoms with Crippen LogP contribution in [0.5, 0.6) is 5.75 Å². The predicted octanol–water partition coefficient (Wildman–Crippen LogP) is 4.78. The number of ether oxygens (including phenoxy) is 1. The number of aryl methyl sites for hydroxylation is 1. The van der Waals surface area contributed by atoms with Crippen LogP contribution in [0.2, 0.25) is 5.02 Å². The molecule has 3 rings (SSSR count). The highest BCUT2D eigenvalue weighted by Gasteiger charge is 2.12. The van der Waals surface area contributed by atoms with Gasteiger partial charge in [-0.15, -0.1) is 0 Å². The fourth-order valence-corrected chi connectivity index (χ4v) is 3.09. The van der Waals surface area contributed by atoms with Gasteiger partial charge in [0.15, 0.2) is 0 Å². The molecule has 0 bridgehead atoms. The SMILES string of the molecule is COc1ccc(CCCC(=O)N/N=C\c2ccc(-c3ccc(Cl)c(C(=O)O)c3)o2)cc1. The number of nitrogens with zero attached hydrogens (tertiary/aromatic N) is 1. The minimum atomic E-state index is -1.12. The van der Waals surface area contributed by atoms with Gasteiger partial charge in [0.1, 0.15) is 17.3 Å². The number of rotatable bonds is 9. The first-order valence-electron chi connectivity index (χ1n) is 9.54. The van der Waals surface area contributed by atoms with Crippen molar-refractivity contribution in [2.24, 2.45) is 5.10 Å². The smallest absolute Gasteiger partial charge is 0.337 e. The molecule has 31 heavy (non-hydrogen) atoms. The Morgan fingerprint density at radius 1 is 1.16 bits per heavy atom. The zero-order chi connectivity index (χ0) is 22.2. The zero-order valence-electron chi connectivity index (χ0n) is 16.8. The Hall–Kier alpha value is -3.58. The monoisotopic (exact) mass is 440 g/mol. The summed E-state index contributed by atoms with van der Waals surface area (Å²) in [7, 11) is 1.62. The second-order valence-electron chi connectivity index (χ2n) is 6.70. The summed E-state index contributed by atoms with van der Waals surface area (Å²) >= 11 is 5.89. The summed E-state index contributed by atoms with van der Waals surface area (Å²) in [5.41, 5.74) is 4.17. The van der Waals surface area contributed by atoms with E-state index in [1.54, 1.807) is 25.3 Å². The van der Waals surface area contributed by atoms with E-state index in [0.29, 0.717) is 29.9 Å². The number of aromatic carboxylic acids is 1. The molecule has 3 aromatic rings. The molecular weight excluding hydrogens is 420 g/mol. The fourth-order valence-electron chi connectivity index (χ4n) is 2.89. The number of carboxylic acid groups (broad SMARTS) is 1. The average Bonchev–Trinajstić information content (AvgIpc) is 3.23. The fraction of sp³-hybridized carbons (Fsp3) is 0.174. The second-order valence-corrected chi connectivity index (χ2v) is 7.10. The molecule has 2 N–H and O–H groups in total. The quantitative estimate of drug-likeness (QED) is 0.368. The number of carbonyl (C=O) groups is 2. The maximum Gasteiger partial charge on any atom is 0.337 e. The molecule has 0 saturated heterocycles. The summed E-state index contributed by atoms with van der Waals surface area (Å²) in [5.74, 6) is 0.373. The summed E-state index contributed by atoms with van der Waals surface area (Å²) in [6, 6.07) is 15.7. The van der Waals surface area contributed by atoms with Crippen molar-refractivity contribution in [2.45, 2.75) is 19.3 Å². The van der Waals surface area contributed by atoms with Crippen molar-refractivity contribution in [3.8, 4) is 17.1 Å². The van der Waals surface area contributed by atoms with Crippen LogP contribution in [0.4, 0.5) is 0 Å². The first kappa shape index (κ1) is 22.1. The van der Waals surface area contributed by atoms with Crippen LogP contribution in [0.1, 0.15) is 34.5 Å². The van der Waals surface area contributed by atoms with E-state index in [4.69, 9.17) is 20.8 Å². The van der Waals surface area contributed by atoms with E-state index >= 15 is 0 Å². The lowest BCUT2D eigenvalue weighted by Crippen LogP contribution is -2.17. The number of hydrogen-bond acceptors (Lipinski definition) is 5. The molecule has 7 nitrogen and oxygen atoms in total. The first-order valence-corrected chi connectivity index (χ1v) is 9.92. The molecule has 1 aromatic heterocycles. The topological polar surface area (TPSA) is 101 Å². The highest BCUT2D eigenvalue weighted by atomic mass is 35.5. The summed E-state index contributed by atoms with van der Waals surface area (Å²) in [6.07, 6.45) is 3.21. The van der Waals surface area contributed by atoms with Crippen LogP contribution in [0.25, 0.3) is 11.3 Å². The predicted molar refractivity (Wildman–Crippen MR) is 118 cm³/mol. The highest BCUT2D eigenvalue weighted by Crippen LogP contribution is 2.26. The van der Waals surface area contributed by atoms with Crippen LogP contribution in [0.15, 0.2) is 64.1 Å². The maximum absolute atomic E-state index is 11.9. The van der Waals surface area contributed by atoms with Gasteiger partial charge in [0.05, 0.1) is 23.9 Å². The van der Waals surface area contributed by atoms with Gasteiger partial charge in [-0.25, -0.2) is 10.2 Å². The van der Waals surface area contributed by atoms with Crippen molar-refractivity contribution in [3.05, 3.63) is 76.5 Å². The molecule has 0 unspecified atom stereocenters.